The summed E-state index contributed by atoms with van der Waals surface area (Å²) >= 11 is 12.7. The number of halogens is 2. The fourth-order valence-electron chi connectivity index (χ4n) is 2.12. The van der Waals surface area contributed by atoms with Crippen molar-refractivity contribution in [2.75, 3.05) is 20.0 Å². The molecule has 2 N–H and O–H groups in total. The zero-order chi connectivity index (χ0) is 18.3. The number of methoxy groups -OCH3 is 2. The van der Waals surface area contributed by atoms with Crippen LogP contribution in [0.1, 0.15) is 38.9 Å². The van der Waals surface area contributed by atoms with Crippen LogP contribution in [0.5, 0.6) is 0 Å². The third kappa shape index (κ3) is 3.05. The fourth-order valence-corrected chi connectivity index (χ4v) is 3.79. The van der Waals surface area contributed by atoms with E-state index in [2.05, 4.69) is 9.47 Å². The molecule has 1 saturated carbocycles. The number of carbonyl (C=O) groups excluding carboxylic acids is 3. The maximum absolute atomic E-state index is 12.2. The van der Waals surface area contributed by atoms with Gasteiger partial charge in [0, 0.05) is 12.0 Å². The molecule has 0 radical (unpaired) electrons. The summed E-state index contributed by atoms with van der Waals surface area (Å²) in [5.74, 6) is -2.08. The molecule has 7 nitrogen and oxygen atoms in total. The lowest BCUT2D eigenvalue weighted by atomic mass is 10.1. The van der Waals surface area contributed by atoms with Gasteiger partial charge in [0.1, 0.15) is 31.8 Å². The summed E-state index contributed by atoms with van der Waals surface area (Å²) in [7, 11) is 2.36. The molecule has 2 rings (SSSR count). The van der Waals surface area contributed by atoms with Crippen LogP contribution in [0.25, 0.3) is 0 Å². The van der Waals surface area contributed by atoms with E-state index in [9.17, 15) is 14.4 Å². The molecule has 1 fully saturated rings. The van der Waals surface area contributed by atoms with Gasteiger partial charge in [-0.3, -0.25) is 4.79 Å². The van der Waals surface area contributed by atoms with E-state index >= 15 is 0 Å². The maximum atomic E-state index is 12.2. The van der Waals surface area contributed by atoms with Crippen LogP contribution in [0.4, 0.5) is 5.00 Å². The normalized spacial score (nSPS) is 21.0. The lowest BCUT2D eigenvalue weighted by Crippen LogP contribution is -2.22. The molecule has 1 heterocycles. The highest BCUT2D eigenvalue weighted by atomic mass is 35.5. The number of anilines is 1. The van der Waals surface area contributed by atoms with Gasteiger partial charge < -0.3 is 19.9 Å². The Bertz CT molecular complexity index is 716. The average Bonchev–Trinajstić information content (AvgIpc) is 2.89. The van der Waals surface area contributed by atoms with E-state index in [0.29, 0.717) is 0 Å². The smallest absolute Gasteiger partial charge is 0.348 e. The number of hydrogen-bond acceptors (Lipinski definition) is 8. The van der Waals surface area contributed by atoms with Crippen molar-refractivity contribution >= 4 is 57.4 Å². The van der Waals surface area contributed by atoms with Crippen LogP contribution in [-0.2, 0) is 25.6 Å². The number of alkyl halides is 2. The monoisotopic (exact) mass is 395 g/mol. The van der Waals surface area contributed by atoms with Crippen LogP contribution in [0.15, 0.2) is 0 Å². The van der Waals surface area contributed by atoms with Gasteiger partial charge in [-0.15, -0.1) is 34.5 Å². The minimum atomic E-state index is -1.19. The quantitative estimate of drug-likeness (QED) is 0.463. The van der Waals surface area contributed by atoms with Crippen molar-refractivity contribution in [3.63, 3.8) is 0 Å². The van der Waals surface area contributed by atoms with E-state index < -0.39 is 27.7 Å². The molecule has 0 aliphatic heterocycles. The molecule has 24 heavy (non-hydrogen) atoms. The van der Waals surface area contributed by atoms with Gasteiger partial charge in [-0.2, -0.15) is 0 Å². The van der Waals surface area contributed by atoms with Crippen molar-refractivity contribution in [1.82, 2.24) is 0 Å². The van der Waals surface area contributed by atoms with Gasteiger partial charge in [0.15, 0.2) is 0 Å². The van der Waals surface area contributed by atoms with E-state index in [1.807, 2.05) is 0 Å². The molecule has 0 saturated heterocycles. The molecule has 132 valence electrons. The lowest BCUT2D eigenvalue weighted by Gasteiger charge is -2.12. The summed E-state index contributed by atoms with van der Waals surface area (Å²) in [4.78, 5) is 36.0. The Hall–Kier alpha value is -1.51. The molecule has 0 spiro atoms. The first-order chi connectivity index (χ1) is 11.1. The zero-order valence-corrected chi connectivity index (χ0v) is 15.4. The van der Waals surface area contributed by atoms with Crippen LogP contribution in [0.3, 0.4) is 0 Å². The topological polar surface area (TPSA) is 105 Å². The number of rotatable bonds is 5. The van der Waals surface area contributed by atoms with Gasteiger partial charge in [-0.25, -0.2) is 9.59 Å². The molecular formula is C14H15Cl2NO6S. The van der Waals surface area contributed by atoms with Crippen molar-refractivity contribution in [2.45, 2.75) is 24.3 Å². The standard InChI is InChI=1S/C14H15Cl2NO6S/c1-13(5-14(13,15)16)12(20)23-4-6-7(10(18)21-2)9(17)24-8(6)11(19)22-3/h4-5,17H2,1-3H3/t13-/m0/s1. The number of ether oxygens (including phenoxy) is 3. The molecule has 0 unspecified atom stereocenters. The summed E-state index contributed by atoms with van der Waals surface area (Å²) in [5, 5.41) is 0.0648. The van der Waals surface area contributed by atoms with Crippen molar-refractivity contribution in [3.8, 4) is 0 Å². The zero-order valence-electron chi connectivity index (χ0n) is 13.1. The molecule has 1 aromatic heterocycles. The van der Waals surface area contributed by atoms with E-state index in [-0.39, 0.29) is 34.0 Å². The molecule has 1 aliphatic rings. The summed E-state index contributed by atoms with van der Waals surface area (Å²) < 4.78 is 13.3. The maximum Gasteiger partial charge on any atom is 0.348 e. The molecule has 0 aromatic carbocycles. The third-order valence-electron chi connectivity index (χ3n) is 3.85. The Morgan fingerprint density at radius 2 is 1.75 bits per heavy atom. The predicted octanol–water partition coefficient (Wildman–Crippen LogP) is 2.53. The van der Waals surface area contributed by atoms with Gasteiger partial charge in [-0.1, -0.05) is 0 Å². The molecule has 1 aliphatic carbocycles. The van der Waals surface area contributed by atoms with Gasteiger partial charge in [0.25, 0.3) is 0 Å². The van der Waals surface area contributed by atoms with Crippen LogP contribution in [-0.4, -0.2) is 36.5 Å². The number of nitrogen functional groups attached to an aromatic ring is 1. The summed E-state index contributed by atoms with van der Waals surface area (Å²) in [6.07, 6.45) is 0.251. The molecule has 1 atom stereocenters. The van der Waals surface area contributed by atoms with Crippen LogP contribution >= 0.6 is 34.5 Å². The van der Waals surface area contributed by atoms with Crippen molar-refractivity contribution in [1.29, 1.82) is 0 Å². The average molecular weight is 396 g/mol. The van der Waals surface area contributed by atoms with Crippen LogP contribution in [0.2, 0.25) is 0 Å². The van der Waals surface area contributed by atoms with Gasteiger partial charge in [0.2, 0.25) is 0 Å². The molecule has 10 heteroatoms. The molecular weight excluding hydrogens is 381 g/mol. The highest BCUT2D eigenvalue weighted by molar-refractivity contribution is 7.18. The predicted molar refractivity (Wildman–Crippen MR) is 88.4 cm³/mol. The Kier molecular flexibility index (Phi) is 5.03. The van der Waals surface area contributed by atoms with Crippen LogP contribution in [0, 0.1) is 5.41 Å². The second kappa shape index (κ2) is 6.42. The second-order valence-corrected chi connectivity index (χ2v) is 7.96. The number of carbonyl (C=O) groups is 3. The largest absolute Gasteiger partial charge is 0.465 e. The van der Waals surface area contributed by atoms with Gasteiger partial charge in [0.05, 0.1) is 14.2 Å². The van der Waals surface area contributed by atoms with Gasteiger partial charge in [-0.05, 0) is 6.92 Å². The highest BCUT2D eigenvalue weighted by Gasteiger charge is 2.69. The molecule has 0 bridgehead atoms. The number of hydrogen-bond donors (Lipinski definition) is 1. The Morgan fingerprint density at radius 3 is 2.21 bits per heavy atom. The minimum absolute atomic E-state index is 0.0281. The summed E-state index contributed by atoms with van der Waals surface area (Å²) in [6, 6.07) is 0. The van der Waals surface area contributed by atoms with Crippen molar-refractivity contribution in [2.24, 2.45) is 5.41 Å². The van der Waals surface area contributed by atoms with Crippen molar-refractivity contribution < 1.29 is 28.6 Å². The third-order valence-corrected chi connectivity index (χ3v) is 5.99. The van der Waals surface area contributed by atoms with E-state index in [4.69, 9.17) is 33.7 Å². The van der Waals surface area contributed by atoms with Crippen LogP contribution < -0.4 is 5.73 Å². The lowest BCUT2D eigenvalue weighted by molar-refractivity contribution is -0.151. The van der Waals surface area contributed by atoms with E-state index in [0.717, 1.165) is 11.3 Å². The Balaban J connectivity index is 2.29. The number of thiophene rings is 1. The molecule has 0 amide bonds. The summed E-state index contributed by atoms with van der Waals surface area (Å²) in [6.45, 7) is 1.21. The second-order valence-electron chi connectivity index (χ2n) is 5.42. The number of esters is 3. The first kappa shape index (κ1) is 18.8. The SMILES string of the molecule is COC(=O)c1sc(N)c(C(=O)OC)c1COC(=O)[C@]1(C)CC1(Cl)Cl. The fraction of sp³-hybridized carbons (Fsp3) is 0.500. The summed E-state index contributed by atoms with van der Waals surface area (Å²) in [5.41, 5.74) is 4.85. The number of nitrogens with two attached hydrogens (primary N) is 1. The minimum Gasteiger partial charge on any atom is -0.465 e. The Morgan fingerprint density at radius 1 is 1.21 bits per heavy atom. The van der Waals surface area contributed by atoms with Gasteiger partial charge >= 0.3 is 17.9 Å². The van der Waals surface area contributed by atoms with E-state index in [1.54, 1.807) is 6.92 Å². The Labute approximate surface area is 151 Å². The highest BCUT2D eigenvalue weighted by Crippen LogP contribution is 2.64. The molecule has 1 aromatic rings. The van der Waals surface area contributed by atoms with Crippen molar-refractivity contribution in [3.05, 3.63) is 16.0 Å². The first-order valence-electron chi connectivity index (χ1n) is 6.72. The first-order valence-corrected chi connectivity index (χ1v) is 8.29. The van der Waals surface area contributed by atoms with E-state index in [1.165, 1.54) is 14.2 Å².